The molecule has 2 aromatic carbocycles. The summed E-state index contributed by atoms with van der Waals surface area (Å²) in [6.07, 6.45) is 1.18. The number of carbonyl (C=O) groups excluding carboxylic acids is 3. The molecule has 2 N–H and O–H groups in total. The van der Waals surface area contributed by atoms with Crippen LogP contribution in [-0.4, -0.2) is 17.6 Å². The molecule has 0 fully saturated rings. The number of amides is 2. The number of halogens is 2. The van der Waals surface area contributed by atoms with Crippen LogP contribution in [0.1, 0.15) is 24.2 Å². The van der Waals surface area contributed by atoms with Gasteiger partial charge >= 0.3 is 0 Å². The highest BCUT2D eigenvalue weighted by Crippen LogP contribution is 2.25. The highest BCUT2D eigenvalue weighted by molar-refractivity contribution is 6.42. The monoisotopic (exact) mass is 390 g/mol. The normalized spacial score (nSPS) is 11.0. The summed E-state index contributed by atoms with van der Waals surface area (Å²) in [4.78, 5) is 35.4. The summed E-state index contributed by atoms with van der Waals surface area (Å²) in [6.45, 7) is 2.99. The Kier molecular flexibility index (Phi) is 6.55. The van der Waals surface area contributed by atoms with Gasteiger partial charge in [0, 0.05) is 28.6 Å². The standard InChI is InChI=1S/C19H16Cl2N2O3/c1-11(9-18(25)22-15-7-8-16(20)17(21)10-15)19(26)23-14-5-3-13(4-6-14)12(2)24/h3-10H,1-2H3,(H,22,25)(H,23,26)/b11-9-. The van der Waals surface area contributed by atoms with Crippen molar-refractivity contribution in [1.82, 2.24) is 0 Å². The Morgan fingerprint density at radius 3 is 2.04 bits per heavy atom. The number of nitrogens with one attached hydrogen (secondary N) is 2. The van der Waals surface area contributed by atoms with E-state index in [0.29, 0.717) is 27.0 Å². The number of benzene rings is 2. The number of hydrogen-bond acceptors (Lipinski definition) is 3. The van der Waals surface area contributed by atoms with Crippen molar-refractivity contribution in [2.24, 2.45) is 0 Å². The Bertz CT molecular complexity index is 890. The van der Waals surface area contributed by atoms with Crippen LogP contribution < -0.4 is 10.6 Å². The number of Topliss-reactive ketones (excluding diaryl/α,β-unsaturated/α-hetero) is 1. The molecule has 0 aliphatic carbocycles. The van der Waals surface area contributed by atoms with Crippen molar-refractivity contribution in [3.05, 3.63) is 69.7 Å². The third-order valence-electron chi connectivity index (χ3n) is 3.44. The molecule has 0 aromatic heterocycles. The zero-order valence-corrected chi connectivity index (χ0v) is 15.6. The van der Waals surface area contributed by atoms with Crippen LogP contribution in [0.4, 0.5) is 11.4 Å². The van der Waals surface area contributed by atoms with Crippen molar-refractivity contribution in [3.8, 4) is 0 Å². The minimum Gasteiger partial charge on any atom is -0.322 e. The first kappa shape index (κ1) is 19.7. The second-order valence-electron chi connectivity index (χ2n) is 5.53. The molecule has 5 nitrogen and oxygen atoms in total. The second-order valence-corrected chi connectivity index (χ2v) is 6.35. The van der Waals surface area contributed by atoms with E-state index in [4.69, 9.17) is 23.2 Å². The van der Waals surface area contributed by atoms with E-state index in [9.17, 15) is 14.4 Å². The van der Waals surface area contributed by atoms with Crippen molar-refractivity contribution in [3.63, 3.8) is 0 Å². The summed E-state index contributed by atoms with van der Waals surface area (Å²) in [5, 5.41) is 5.96. The Morgan fingerprint density at radius 1 is 0.846 bits per heavy atom. The molecular formula is C19H16Cl2N2O3. The first-order valence-electron chi connectivity index (χ1n) is 7.63. The largest absolute Gasteiger partial charge is 0.322 e. The van der Waals surface area contributed by atoms with Crippen LogP contribution in [0.5, 0.6) is 0 Å². The molecule has 134 valence electrons. The van der Waals surface area contributed by atoms with Gasteiger partial charge in [0.1, 0.15) is 0 Å². The Hall–Kier alpha value is -2.63. The molecule has 0 unspecified atom stereocenters. The molecule has 0 atom stereocenters. The molecule has 0 spiro atoms. The third-order valence-corrected chi connectivity index (χ3v) is 4.18. The molecule has 0 radical (unpaired) electrons. The van der Waals surface area contributed by atoms with Crippen LogP contribution in [0.3, 0.4) is 0 Å². The van der Waals surface area contributed by atoms with Crippen molar-refractivity contribution in [2.75, 3.05) is 10.6 Å². The molecule has 0 heterocycles. The van der Waals surface area contributed by atoms with Crippen LogP contribution in [0.15, 0.2) is 54.1 Å². The minimum absolute atomic E-state index is 0.0575. The third kappa shape index (κ3) is 5.44. The first-order valence-corrected chi connectivity index (χ1v) is 8.38. The van der Waals surface area contributed by atoms with E-state index in [2.05, 4.69) is 10.6 Å². The van der Waals surface area contributed by atoms with Gasteiger partial charge in [0.05, 0.1) is 10.0 Å². The van der Waals surface area contributed by atoms with Crippen LogP contribution in [0.25, 0.3) is 0 Å². The maximum absolute atomic E-state index is 12.2. The average molecular weight is 391 g/mol. The van der Waals surface area contributed by atoms with Crippen LogP contribution >= 0.6 is 23.2 Å². The van der Waals surface area contributed by atoms with Gasteiger partial charge in [0.25, 0.3) is 5.91 Å². The van der Waals surface area contributed by atoms with Gasteiger partial charge in [-0.05, 0) is 56.3 Å². The Balaban J connectivity index is 2.00. The van der Waals surface area contributed by atoms with Crippen LogP contribution in [0, 0.1) is 0 Å². The van der Waals surface area contributed by atoms with Gasteiger partial charge in [-0.2, -0.15) is 0 Å². The topological polar surface area (TPSA) is 75.3 Å². The van der Waals surface area contributed by atoms with Crippen molar-refractivity contribution in [2.45, 2.75) is 13.8 Å². The van der Waals surface area contributed by atoms with Gasteiger partial charge in [0.2, 0.25) is 5.91 Å². The molecule has 2 rings (SSSR count). The quantitative estimate of drug-likeness (QED) is 0.572. The predicted molar refractivity (Wildman–Crippen MR) is 104 cm³/mol. The van der Waals surface area contributed by atoms with Crippen molar-refractivity contribution >= 4 is 52.2 Å². The predicted octanol–water partition coefficient (Wildman–Crippen LogP) is 4.72. The van der Waals surface area contributed by atoms with E-state index in [1.165, 1.54) is 26.0 Å². The average Bonchev–Trinajstić information content (AvgIpc) is 2.58. The first-order chi connectivity index (χ1) is 12.3. The number of anilines is 2. The molecule has 0 aliphatic rings. The molecule has 26 heavy (non-hydrogen) atoms. The summed E-state index contributed by atoms with van der Waals surface area (Å²) < 4.78 is 0. The van der Waals surface area contributed by atoms with E-state index < -0.39 is 11.8 Å². The summed E-state index contributed by atoms with van der Waals surface area (Å²) >= 11 is 11.7. The number of hydrogen-bond donors (Lipinski definition) is 2. The summed E-state index contributed by atoms with van der Waals surface area (Å²) in [5.41, 5.74) is 1.76. The van der Waals surface area contributed by atoms with Gasteiger partial charge in [0.15, 0.2) is 5.78 Å². The highest BCUT2D eigenvalue weighted by atomic mass is 35.5. The maximum atomic E-state index is 12.2. The van der Waals surface area contributed by atoms with Crippen molar-refractivity contribution < 1.29 is 14.4 Å². The van der Waals surface area contributed by atoms with Gasteiger partial charge < -0.3 is 10.6 Å². The van der Waals surface area contributed by atoms with E-state index in [-0.39, 0.29) is 11.4 Å². The highest BCUT2D eigenvalue weighted by Gasteiger charge is 2.09. The SMILES string of the molecule is CC(=O)c1ccc(NC(=O)/C(C)=C\C(=O)Nc2ccc(Cl)c(Cl)c2)cc1. The zero-order chi connectivity index (χ0) is 19.3. The smallest absolute Gasteiger partial charge is 0.251 e. The lowest BCUT2D eigenvalue weighted by Gasteiger charge is -2.07. The van der Waals surface area contributed by atoms with Crippen LogP contribution in [-0.2, 0) is 9.59 Å². The lowest BCUT2D eigenvalue weighted by Crippen LogP contribution is -2.16. The van der Waals surface area contributed by atoms with E-state index in [1.54, 1.807) is 36.4 Å². The number of ketones is 1. The van der Waals surface area contributed by atoms with Gasteiger partial charge in [-0.15, -0.1) is 0 Å². The Morgan fingerprint density at radius 2 is 1.46 bits per heavy atom. The van der Waals surface area contributed by atoms with E-state index in [0.717, 1.165) is 0 Å². The summed E-state index contributed by atoms with van der Waals surface area (Å²) in [5.74, 6) is -0.953. The lowest BCUT2D eigenvalue weighted by atomic mass is 10.1. The fourth-order valence-electron chi connectivity index (χ4n) is 2.03. The Labute approximate surface area is 161 Å². The van der Waals surface area contributed by atoms with E-state index >= 15 is 0 Å². The van der Waals surface area contributed by atoms with Gasteiger partial charge in [-0.25, -0.2) is 0 Å². The molecule has 7 heteroatoms. The molecule has 0 saturated heterocycles. The molecule has 2 aromatic rings. The maximum Gasteiger partial charge on any atom is 0.251 e. The molecule has 0 saturated carbocycles. The molecule has 2 amide bonds. The van der Waals surface area contributed by atoms with Gasteiger partial charge in [-0.3, -0.25) is 14.4 Å². The fourth-order valence-corrected chi connectivity index (χ4v) is 2.33. The molecule has 0 bridgehead atoms. The minimum atomic E-state index is -0.469. The molecule has 0 aliphatic heterocycles. The summed E-state index contributed by atoms with van der Waals surface area (Å²) in [7, 11) is 0. The number of rotatable bonds is 5. The second kappa shape index (κ2) is 8.65. The zero-order valence-electron chi connectivity index (χ0n) is 14.1. The van der Waals surface area contributed by atoms with E-state index in [1.807, 2.05) is 0 Å². The van der Waals surface area contributed by atoms with Crippen LogP contribution in [0.2, 0.25) is 10.0 Å². The van der Waals surface area contributed by atoms with Gasteiger partial charge in [-0.1, -0.05) is 23.2 Å². The number of carbonyl (C=O) groups is 3. The molecular weight excluding hydrogens is 375 g/mol. The fraction of sp³-hybridized carbons (Fsp3) is 0.105. The lowest BCUT2D eigenvalue weighted by molar-refractivity contribution is -0.114. The summed E-state index contributed by atoms with van der Waals surface area (Å²) in [6, 6.07) is 11.2. The van der Waals surface area contributed by atoms with Crippen molar-refractivity contribution in [1.29, 1.82) is 0 Å².